The molecule has 0 atom stereocenters. The summed E-state index contributed by atoms with van der Waals surface area (Å²) in [5.41, 5.74) is 2.87. The first-order valence-corrected chi connectivity index (χ1v) is 4.86. The zero-order valence-electron chi connectivity index (χ0n) is 8.72. The third-order valence-corrected chi connectivity index (χ3v) is 1.76. The highest BCUT2D eigenvalue weighted by Gasteiger charge is 1.91. The molecule has 0 amide bonds. The lowest BCUT2D eigenvalue weighted by Gasteiger charge is -1.89. The topological polar surface area (TPSA) is 0 Å². The molecule has 0 heteroatoms. The molecule has 0 aromatic carbocycles. The first-order valence-electron chi connectivity index (χ1n) is 4.86. The van der Waals surface area contributed by atoms with Crippen molar-refractivity contribution in [3.8, 4) is 0 Å². The molecule has 0 N–H and O–H groups in total. The Labute approximate surface area is 76.7 Å². The third-order valence-electron chi connectivity index (χ3n) is 1.76. The summed E-state index contributed by atoms with van der Waals surface area (Å²) in [7, 11) is 0. The van der Waals surface area contributed by atoms with Crippen LogP contribution in [0.3, 0.4) is 0 Å². The lowest BCUT2D eigenvalue weighted by Crippen LogP contribution is -1.69. The molecule has 0 saturated carbocycles. The average molecular weight is 164 g/mol. The van der Waals surface area contributed by atoms with E-state index in [4.69, 9.17) is 0 Å². The van der Waals surface area contributed by atoms with Gasteiger partial charge in [0.25, 0.3) is 0 Å². The number of rotatable bonds is 1. The van der Waals surface area contributed by atoms with Crippen LogP contribution >= 0.6 is 0 Å². The molecule has 68 valence electrons. The lowest BCUT2D eigenvalue weighted by atomic mass is 10.2. The fourth-order valence-electron chi connectivity index (χ4n) is 1.00. The first kappa shape index (κ1) is 11.2. The van der Waals surface area contributed by atoms with E-state index in [1.165, 1.54) is 11.1 Å². The molecule has 0 unspecified atom stereocenters. The Morgan fingerprint density at radius 2 is 1.92 bits per heavy atom. The van der Waals surface area contributed by atoms with Crippen LogP contribution in [0.5, 0.6) is 0 Å². The SMILES string of the molecule is CC.CCC1=CC=C(C)CC=C1. The Hall–Kier alpha value is -0.780. The number of hydrogen-bond donors (Lipinski definition) is 0. The predicted molar refractivity (Wildman–Crippen MR) is 57.2 cm³/mol. The van der Waals surface area contributed by atoms with Crippen LogP contribution < -0.4 is 0 Å². The fourth-order valence-corrected chi connectivity index (χ4v) is 1.00. The fraction of sp³-hybridized carbons (Fsp3) is 0.500. The smallest absolute Gasteiger partial charge is 0.0135 e. The highest BCUT2D eigenvalue weighted by Crippen LogP contribution is 2.12. The van der Waals surface area contributed by atoms with Gasteiger partial charge in [0.15, 0.2) is 0 Å². The van der Waals surface area contributed by atoms with Crippen molar-refractivity contribution in [1.82, 2.24) is 0 Å². The maximum absolute atomic E-state index is 2.23. The van der Waals surface area contributed by atoms with E-state index >= 15 is 0 Å². The highest BCUT2D eigenvalue weighted by atomic mass is 14.0. The molecule has 0 aliphatic heterocycles. The van der Waals surface area contributed by atoms with Crippen molar-refractivity contribution in [3.05, 3.63) is 35.5 Å². The average Bonchev–Trinajstić information content (AvgIpc) is 2.33. The van der Waals surface area contributed by atoms with E-state index in [2.05, 4.69) is 38.2 Å². The molecule has 0 bridgehead atoms. The van der Waals surface area contributed by atoms with Gasteiger partial charge in [0.05, 0.1) is 0 Å². The van der Waals surface area contributed by atoms with E-state index in [0.717, 1.165) is 12.8 Å². The normalized spacial score (nSPS) is 15.3. The van der Waals surface area contributed by atoms with Crippen LogP contribution in [-0.2, 0) is 0 Å². The molecule has 0 saturated heterocycles. The zero-order valence-corrected chi connectivity index (χ0v) is 8.72. The van der Waals surface area contributed by atoms with Crippen molar-refractivity contribution in [2.75, 3.05) is 0 Å². The summed E-state index contributed by atoms with van der Waals surface area (Å²) in [6, 6.07) is 0. The van der Waals surface area contributed by atoms with Crippen LogP contribution in [0.15, 0.2) is 35.5 Å². The lowest BCUT2D eigenvalue weighted by molar-refractivity contribution is 1.15. The van der Waals surface area contributed by atoms with Crippen molar-refractivity contribution < 1.29 is 0 Å². The molecule has 0 radical (unpaired) electrons. The van der Waals surface area contributed by atoms with E-state index < -0.39 is 0 Å². The minimum atomic E-state index is 1.11. The monoisotopic (exact) mass is 164 g/mol. The van der Waals surface area contributed by atoms with Crippen LogP contribution in [0.2, 0.25) is 0 Å². The van der Waals surface area contributed by atoms with Crippen molar-refractivity contribution >= 4 is 0 Å². The Kier molecular flexibility index (Phi) is 6.45. The van der Waals surface area contributed by atoms with Crippen LogP contribution in [-0.4, -0.2) is 0 Å². The highest BCUT2D eigenvalue weighted by molar-refractivity contribution is 5.29. The zero-order chi connectivity index (χ0) is 9.40. The van der Waals surface area contributed by atoms with E-state index in [1.807, 2.05) is 13.8 Å². The summed E-state index contributed by atoms with van der Waals surface area (Å²) in [6.07, 6.45) is 11.1. The Morgan fingerprint density at radius 1 is 1.25 bits per heavy atom. The second-order valence-corrected chi connectivity index (χ2v) is 2.71. The molecule has 0 aromatic rings. The second kappa shape index (κ2) is 6.90. The van der Waals surface area contributed by atoms with Crippen LogP contribution in [0, 0.1) is 0 Å². The molecule has 1 rings (SSSR count). The van der Waals surface area contributed by atoms with E-state index in [1.54, 1.807) is 0 Å². The molecule has 0 heterocycles. The standard InChI is InChI=1S/C10H14.C2H6/c1-3-10-6-4-5-9(2)7-8-10;1-2/h4,6-8H,3,5H2,1-2H3;1-2H3. The van der Waals surface area contributed by atoms with E-state index in [0.29, 0.717) is 0 Å². The van der Waals surface area contributed by atoms with E-state index in [-0.39, 0.29) is 0 Å². The number of allylic oxidation sites excluding steroid dienone is 6. The minimum Gasteiger partial charge on any atom is -0.0802 e. The van der Waals surface area contributed by atoms with Gasteiger partial charge >= 0.3 is 0 Å². The van der Waals surface area contributed by atoms with Gasteiger partial charge < -0.3 is 0 Å². The van der Waals surface area contributed by atoms with Gasteiger partial charge in [0.2, 0.25) is 0 Å². The first-order chi connectivity index (χ1) is 5.83. The van der Waals surface area contributed by atoms with E-state index in [9.17, 15) is 0 Å². The maximum Gasteiger partial charge on any atom is -0.0135 e. The van der Waals surface area contributed by atoms with Gasteiger partial charge in [0, 0.05) is 0 Å². The molecular weight excluding hydrogens is 144 g/mol. The van der Waals surface area contributed by atoms with Gasteiger partial charge in [-0.1, -0.05) is 50.6 Å². The molecule has 0 fully saturated rings. The molecular formula is C12H20. The van der Waals surface area contributed by atoms with Crippen LogP contribution in [0.25, 0.3) is 0 Å². The molecule has 0 nitrogen and oxygen atoms in total. The summed E-state index contributed by atoms with van der Waals surface area (Å²) < 4.78 is 0. The summed E-state index contributed by atoms with van der Waals surface area (Å²) in [4.78, 5) is 0. The quantitative estimate of drug-likeness (QED) is 0.543. The second-order valence-electron chi connectivity index (χ2n) is 2.71. The molecule has 12 heavy (non-hydrogen) atoms. The Balaban J connectivity index is 0.000000561. The number of hydrogen-bond acceptors (Lipinski definition) is 0. The maximum atomic E-state index is 2.23. The predicted octanol–water partition coefficient (Wildman–Crippen LogP) is 4.26. The van der Waals surface area contributed by atoms with Gasteiger partial charge in [0.1, 0.15) is 0 Å². The summed E-state index contributed by atoms with van der Waals surface area (Å²) in [5.74, 6) is 0. The summed E-state index contributed by atoms with van der Waals surface area (Å²) in [6.45, 7) is 8.35. The van der Waals surface area contributed by atoms with Crippen molar-refractivity contribution in [3.63, 3.8) is 0 Å². The summed E-state index contributed by atoms with van der Waals surface area (Å²) >= 11 is 0. The third kappa shape index (κ3) is 4.17. The molecule has 1 aliphatic carbocycles. The van der Waals surface area contributed by atoms with Crippen LogP contribution in [0.4, 0.5) is 0 Å². The Morgan fingerprint density at radius 3 is 2.50 bits per heavy atom. The van der Waals surface area contributed by atoms with Gasteiger partial charge in [-0.15, -0.1) is 0 Å². The summed E-state index contributed by atoms with van der Waals surface area (Å²) in [5, 5.41) is 0. The van der Waals surface area contributed by atoms with Crippen molar-refractivity contribution in [2.24, 2.45) is 0 Å². The van der Waals surface area contributed by atoms with Gasteiger partial charge in [-0.2, -0.15) is 0 Å². The molecule has 0 aromatic heterocycles. The molecule has 0 spiro atoms. The van der Waals surface area contributed by atoms with Crippen LogP contribution in [0.1, 0.15) is 40.5 Å². The minimum absolute atomic E-state index is 1.11. The van der Waals surface area contributed by atoms with Crippen molar-refractivity contribution in [1.29, 1.82) is 0 Å². The Bertz CT molecular complexity index is 192. The van der Waals surface area contributed by atoms with Gasteiger partial charge in [-0.25, -0.2) is 0 Å². The largest absolute Gasteiger partial charge is 0.0802 e. The van der Waals surface area contributed by atoms with Gasteiger partial charge in [-0.3, -0.25) is 0 Å². The van der Waals surface area contributed by atoms with Crippen molar-refractivity contribution in [2.45, 2.75) is 40.5 Å². The molecule has 1 aliphatic rings. The van der Waals surface area contributed by atoms with Gasteiger partial charge in [-0.05, 0) is 25.3 Å².